The summed E-state index contributed by atoms with van der Waals surface area (Å²) in [5, 5.41) is 9.79. The highest BCUT2D eigenvalue weighted by molar-refractivity contribution is 9.10. The van der Waals surface area contributed by atoms with E-state index in [1.54, 1.807) is 18.3 Å². The molecule has 0 saturated heterocycles. The van der Waals surface area contributed by atoms with E-state index in [-0.39, 0.29) is 5.75 Å². The number of ether oxygens (including phenoxy) is 2. The molecule has 0 amide bonds. The Morgan fingerprint density at radius 2 is 1.79 bits per heavy atom. The minimum Gasteiger partial charge on any atom is -0.507 e. The van der Waals surface area contributed by atoms with Crippen LogP contribution in [0, 0.1) is 0 Å². The number of halogens is 1. The van der Waals surface area contributed by atoms with Gasteiger partial charge in [-0.3, -0.25) is 4.99 Å². The minimum atomic E-state index is 0.224. The summed E-state index contributed by atoms with van der Waals surface area (Å²) < 4.78 is 12.1. The molecule has 0 spiro atoms. The second-order valence-electron chi connectivity index (χ2n) is 5.14. The van der Waals surface area contributed by atoms with Gasteiger partial charge < -0.3 is 14.6 Å². The van der Waals surface area contributed by atoms with Gasteiger partial charge in [0.25, 0.3) is 0 Å². The Morgan fingerprint density at radius 1 is 1.04 bits per heavy atom. The molecule has 0 radical (unpaired) electrons. The van der Waals surface area contributed by atoms with Gasteiger partial charge in [0.1, 0.15) is 5.75 Å². The van der Waals surface area contributed by atoms with E-state index >= 15 is 0 Å². The van der Waals surface area contributed by atoms with E-state index in [1.165, 1.54) is 0 Å². The highest BCUT2D eigenvalue weighted by Crippen LogP contribution is 2.28. The molecule has 2 aromatic rings. The highest BCUT2D eigenvalue weighted by atomic mass is 79.9. The van der Waals surface area contributed by atoms with Crippen LogP contribution >= 0.6 is 15.9 Å². The van der Waals surface area contributed by atoms with Gasteiger partial charge in [-0.1, -0.05) is 22.0 Å². The summed E-state index contributed by atoms with van der Waals surface area (Å²) in [6.07, 6.45) is 2.48. The zero-order chi connectivity index (χ0) is 17.4. The van der Waals surface area contributed by atoms with Crippen molar-refractivity contribution in [3.8, 4) is 17.2 Å². The molecule has 0 atom stereocenters. The first-order chi connectivity index (χ1) is 11.6. The third-order valence-corrected chi connectivity index (χ3v) is 3.85. The first-order valence-corrected chi connectivity index (χ1v) is 8.80. The number of rotatable bonds is 8. The van der Waals surface area contributed by atoms with E-state index in [2.05, 4.69) is 20.9 Å². The van der Waals surface area contributed by atoms with E-state index in [9.17, 15) is 5.11 Å². The molecular formula is C19H22BrNO3. The van der Waals surface area contributed by atoms with Crippen LogP contribution in [0.1, 0.15) is 25.0 Å². The lowest BCUT2D eigenvalue weighted by molar-refractivity contribution is 0.287. The van der Waals surface area contributed by atoms with E-state index in [0.717, 1.165) is 28.0 Å². The molecule has 0 aliphatic carbocycles. The summed E-state index contributed by atoms with van der Waals surface area (Å²) in [4.78, 5) is 4.40. The summed E-state index contributed by atoms with van der Waals surface area (Å²) in [6.45, 7) is 5.75. The Labute approximate surface area is 151 Å². The van der Waals surface area contributed by atoms with E-state index in [4.69, 9.17) is 9.47 Å². The standard InChI is InChI=1S/C19H22BrNO3/c1-3-23-18-8-5-14(11-19(18)24-4-2)9-10-21-13-15-12-16(20)6-7-17(15)22/h5-8,11-13,22H,3-4,9-10H2,1-2H3. The number of aromatic hydroxyl groups is 1. The van der Waals surface area contributed by atoms with Crippen molar-refractivity contribution in [2.75, 3.05) is 19.8 Å². The fourth-order valence-electron chi connectivity index (χ4n) is 2.24. The zero-order valence-corrected chi connectivity index (χ0v) is 15.5. The van der Waals surface area contributed by atoms with E-state index in [0.29, 0.717) is 25.3 Å². The molecule has 0 aromatic heterocycles. The van der Waals surface area contributed by atoms with Crippen LogP contribution < -0.4 is 9.47 Å². The van der Waals surface area contributed by atoms with Crippen LogP contribution in [0.3, 0.4) is 0 Å². The molecule has 2 aromatic carbocycles. The van der Waals surface area contributed by atoms with Crippen LogP contribution in [0.15, 0.2) is 45.9 Å². The molecule has 5 heteroatoms. The quantitative estimate of drug-likeness (QED) is 0.668. The highest BCUT2D eigenvalue weighted by Gasteiger charge is 2.06. The summed E-state index contributed by atoms with van der Waals surface area (Å²) in [5.74, 6) is 1.76. The average molecular weight is 392 g/mol. The van der Waals surface area contributed by atoms with Crippen molar-refractivity contribution >= 4 is 22.1 Å². The summed E-state index contributed by atoms with van der Waals surface area (Å²) >= 11 is 3.39. The van der Waals surface area contributed by atoms with Crippen molar-refractivity contribution < 1.29 is 14.6 Å². The van der Waals surface area contributed by atoms with Gasteiger partial charge in [-0.25, -0.2) is 0 Å². The molecule has 1 N–H and O–H groups in total. The number of hydrogen-bond donors (Lipinski definition) is 1. The Bertz CT molecular complexity index is 701. The number of benzene rings is 2. The molecule has 0 aliphatic rings. The number of phenols is 1. The van der Waals surface area contributed by atoms with Crippen molar-refractivity contribution in [3.63, 3.8) is 0 Å². The predicted molar refractivity (Wildman–Crippen MR) is 101 cm³/mol. The lowest BCUT2D eigenvalue weighted by atomic mass is 10.1. The van der Waals surface area contributed by atoms with Gasteiger partial charge in [0.15, 0.2) is 11.5 Å². The Morgan fingerprint density at radius 3 is 2.54 bits per heavy atom. The van der Waals surface area contributed by atoms with Crippen LogP contribution in [-0.2, 0) is 6.42 Å². The molecule has 0 bridgehead atoms. The monoisotopic (exact) mass is 391 g/mol. The number of aliphatic imine (C=N–C) groups is 1. The van der Waals surface area contributed by atoms with Gasteiger partial charge in [-0.05, 0) is 56.2 Å². The maximum Gasteiger partial charge on any atom is 0.161 e. The average Bonchev–Trinajstić information content (AvgIpc) is 2.57. The van der Waals surface area contributed by atoms with Crippen LogP contribution in [0.25, 0.3) is 0 Å². The van der Waals surface area contributed by atoms with Crippen LogP contribution in [0.2, 0.25) is 0 Å². The summed E-state index contributed by atoms with van der Waals surface area (Å²) in [5.41, 5.74) is 1.84. The second kappa shape index (κ2) is 9.33. The predicted octanol–water partition coefficient (Wildman–Crippen LogP) is 4.61. The van der Waals surface area contributed by atoms with Gasteiger partial charge >= 0.3 is 0 Å². The Hall–Kier alpha value is -2.01. The van der Waals surface area contributed by atoms with Crippen LogP contribution in [0.4, 0.5) is 0 Å². The molecular weight excluding hydrogens is 370 g/mol. The van der Waals surface area contributed by atoms with E-state index < -0.39 is 0 Å². The Kier molecular flexibility index (Phi) is 7.12. The van der Waals surface area contributed by atoms with Crippen molar-refractivity contribution in [1.29, 1.82) is 0 Å². The largest absolute Gasteiger partial charge is 0.507 e. The molecule has 24 heavy (non-hydrogen) atoms. The number of phenolic OH excluding ortho intramolecular Hbond substituents is 1. The van der Waals surface area contributed by atoms with Gasteiger partial charge in [0.05, 0.1) is 13.2 Å². The smallest absolute Gasteiger partial charge is 0.161 e. The molecule has 0 fully saturated rings. The van der Waals surface area contributed by atoms with Crippen molar-refractivity contribution in [2.24, 2.45) is 4.99 Å². The first-order valence-electron chi connectivity index (χ1n) is 8.01. The van der Waals surface area contributed by atoms with Crippen molar-refractivity contribution in [1.82, 2.24) is 0 Å². The molecule has 128 valence electrons. The molecule has 0 heterocycles. The molecule has 0 unspecified atom stereocenters. The lowest BCUT2D eigenvalue weighted by Gasteiger charge is -2.12. The zero-order valence-electron chi connectivity index (χ0n) is 14.0. The fraction of sp³-hybridized carbons (Fsp3) is 0.316. The van der Waals surface area contributed by atoms with Gasteiger partial charge in [0.2, 0.25) is 0 Å². The maximum atomic E-state index is 9.79. The topological polar surface area (TPSA) is 51.0 Å². The summed E-state index contributed by atoms with van der Waals surface area (Å²) in [6, 6.07) is 11.2. The van der Waals surface area contributed by atoms with Gasteiger partial charge in [-0.15, -0.1) is 0 Å². The Balaban J connectivity index is 1.99. The number of hydrogen-bond acceptors (Lipinski definition) is 4. The van der Waals surface area contributed by atoms with Gasteiger partial charge in [0, 0.05) is 22.8 Å². The molecule has 0 aliphatic heterocycles. The maximum absolute atomic E-state index is 9.79. The first kappa shape index (κ1) is 18.3. The third-order valence-electron chi connectivity index (χ3n) is 3.36. The molecule has 4 nitrogen and oxygen atoms in total. The lowest BCUT2D eigenvalue weighted by Crippen LogP contribution is -2.00. The summed E-state index contributed by atoms with van der Waals surface area (Å²) in [7, 11) is 0. The number of nitrogens with zero attached hydrogens (tertiary/aromatic N) is 1. The van der Waals surface area contributed by atoms with Crippen LogP contribution in [-0.4, -0.2) is 31.1 Å². The van der Waals surface area contributed by atoms with Gasteiger partial charge in [-0.2, -0.15) is 0 Å². The SMILES string of the molecule is CCOc1ccc(CCN=Cc2cc(Br)ccc2O)cc1OCC. The van der Waals surface area contributed by atoms with Crippen molar-refractivity contribution in [3.05, 3.63) is 52.0 Å². The van der Waals surface area contributed by atoms with Crippen molar-refractivity contribution in [2.45, 2.75) is 20.3 Å². The van der Waals surface area contributed by atoms with Crippen LogP contribution in [0.5, 0.6) is 17.2 Å². The fourth-order valence-corrected chi connectivity index (χ4v) is 2.62. The normalized spacial score (nSPS) is 11.0. The minimum absolute atomic E-state index is 0.224. The molecule has 2 rings (SSSR count). The van der Waals surface area contributed by atoms with E-state index in [1.807, 2.05) is 38.1 Å². The second-order valence-corrected chi connectivity index (χ2v) is 6.05. The molecule has 0 saturated carbocycles. The third kappa shape index (κ3) is 5.27.